The minimum Gasteiger partial charge on any atom is -0.380 e. The zero-order valence-electron chi connectivity index (χ0n) is 6.21. The van der Waals surface area contributed by atoms with Crippen LogP contribution in [0.5, 0.6) is 0 Å². The number of anilines is 1. The van der Waals surface area contributed by atoms with Crippen LogP contribution in [0.2, 0.25) is 0 Å². The van der Waals surface area contributed by atoms with Crippen LogP contribution in [0, 0.1) is 0 Å². The molecule has 0 saturated carbocycles. The highest BCUT2D eigenvalue weighted by atomic mass is 32.1. The molecule has 1 radical (unpaired) electrons. The standard InChI is InChI=1S/C9H10NS/c1-2-7-10-8-5-3-4-6-9(8)11/h2-6,10H,1,7H2. The van der Waals surface area contributed by atoms with Gasteiger partial charge in [0.1, 0.15) is 0 Å². The molecule has 0 aliphatic heterocycles. The Kier molecular flexibility index (Phi) is 2.93. The highest BCUT2D eigenvalue weighted by Crippen LogP contribution is 2.17. The van der Waals surface area contributed by atoms with Crippen LogP contribution in [0.15, 0.2) is 41.8 Å². The predicted molar refractivity (Wildman–Crippen MR) is 51.0 cm³/mol. The van der Waals surface area contributed by atoms with Crippen LogP contribution in [0.25, 0.3) is 0 Å². The van der Waals surface area contributed by atoms with E-state index >= 15 is 0 Å². The largest absolute Gasteiger partial charge is 0.380 e. The van der Waals surface area contributed by atoms with Crippen molar-refractivity contribution in [2.45, 2.75) is 4.90 Å². The number of rotatable bonds is 3. The van der Waals surface area contributed by atoms with E-state index in [1.807, 2.05) is 30.3 Å². The lowest BCUT2D eigenvalue weighted by Crippen LogP contribution is -1.97. The molecular weight excluding hydrogens is 154 g/mol. The van der Waals surface area contributed by atoms with Gasteiger partial charge in [0.2, 0.25) is 0 Å². The first-order valence-electron chi connectivity index (χ1n) is 3.45. The van der Waals surface area contributed by atoms with Crippen molar-refractivity contribution in [2.24, 2.45) is 0 Å². The van der Waals surface area contributed by atoms with Crippen LogP contribution < -0.4 is 5.32 Å². The van der Waals surface area contributed by atoms with E-state index in [1.54, 1.807) is 0 Å². The van der Waals surface area contributed by atoms with E-state index in [1.165, 1.54) is 0 Å². The third kappa shape index (κ3) is 2.24. The molecule has 1 aromatic rings. The molecule has 0 aliphatic carbocycles. The highest BCUT2D eigenvalue weighted by molar-refractivity contribution is 7.80. The lowest BCUT2D eigenvalue weighted by atomic mass is 10.3. The quantitative estimate of drug-likeness (QED) is 0.677. The van der Waals surface area contributed by atoms with Crippen molar-refractivity contribution in [3.63, 3.8) is 0 Å². The molecule has 1 rings (SSSR count). The Balaban J connectivity index is 2.69. The fourth-order valence-electron chi connectivity index (χ4n) is 0.795. The SMILES string of the molecule is C=CCNc1ccccc1[S]. The summed E-state index contributed by atoms with van der Waals surface area (Å²) in [6.45, 7) is 4.37. The molecule has 0 aromatic heterocycles. The molecular formula is C9H10NS. The van der Waals surface area contributed by atoms with Gasteiger partial charge in [-0.15, -0.1) is 6.58 Å². The van der Waals surface area contributed by atoms with Gasteiger partial charge in [-0.1, -0.05) is 30.8 Å². The maximum atomic E-state index is 5.07. The number of hydrogen-bond acceptors (Lipinski definition) is 1. The summed E-state index contributed by atoms with van der Waals surface area (Å²) >= 11 is 5.07. The zero-order chi connectivity index (χ0) is 8.10. The third-order valence-electron chi connectivity index (χ3n) is 1.32. The van der Waals surface area contributed by atoms with Crippen LogP contribution in [0.1, 0.15) is 0 Å². The fraction of sp³-hybridized carbons (Fsp3) is 0.111. The van der Waals surface area contributed by atoms with E-state index in [4.69, 9.17) is 12.6 Å². The average molecular weight is 164 g/mol. The normalized spacial score (nSPS) is 9.09. The van der Waals surface area contributed by atoms with E-state index in [0.717, 1.165) is 17.1 Å². The molecule has 11 heavy (non-hydrogen) atoms. The predicted octanol–water partition coefficient (Wildman–Crippen LogP) is 2.84. The van der Waals surface area contributed by atoms with E-state index in [9.17, 15) is 0 Å². The van der Waals surface area contributed by atoms with Gasteiger partial charge in [0.25, 0.3) is 0 Å². The van der Waals surface area contributed by atoms with Gasteiger partial charge in [0.05, 0.1) is 10.6 Å². The molecule has 0 heterocycles. The van der Waals surface area contributed by atoms with E-state index < -0.39 is 0 Å². The number of hydrogen-bond donors (Lipinski definition) is 1. The van der Waals surface area contributed by atoms with Crippen molar-refractivity contribution in [3.05, 3.63) is 36.9 Å². The topological polar surface area (TPSA) is 12.0 Å². The van der Waals surface area contributed by atoms with Gasteiger partial charge in [0.15, 0.2) is 0 Å². The van der Waals surface area contributed by atoms with E-state index in [0.29, 0.717) is 0 Å². The molecule has 1 nitrogen and oxygen atoms in total. The Hall–Kier alpha value is -1.02. The smallest absolute Gasteiger partial charge is 0.0608 e. The molecule has 0 amide bonds. The van der Waals surface area contributed by atoms with Crippen LogP contribution in [-0.4, -0.2) is 6.54 Å². The van der Waals surface area contributed by atoms with Crippen molar-refractivity contribution in [1.29, 1.82) is 0 Å². The molecule has 0 atom stereocenters. The van der Waals surface area contributed by atoms with Gasteiger partial charge in [0, 0.05) is 6.54 Å². The van der Waals surface area contributed by atoms with Crippen molar-refractivity contribution in [3.8, 4) is 0 Å². The second kappa shape index (κ2) is 3.98. The third-order valence-corrected chi connectivity index (χ3v) is 1.68. The Morgan fingerprint density at radius 2 is 2.18 bits per heavy atom. The van der Waals surface area contributed by atoms with Crippen molar-refractivity contribution >= 4 is 18.3 Å². The van der Waals surface area contributed by atoms with Crippen LogP contribution in [0.4, 0.5) is 5.69 Å². The summed E-state index contributed by atoms with van der Waals surface area (Å²) in [6.07, 6.45) is 1.81. The van der Waals surface area contributed by atoms with Gasteiger partial charge in [-0.2, -0.15) is 0 Å². The molecule has 1 aromatic carbocycles. The number of nitrogens with one attached hydrogen (secondary N) is 1. The van der Waals surface area contributed by atoms with E-state index in [-0.39, 0.29) is 0 Å². The Morgan fingerprint density at radius 1 is 1.45 bits per heavy atom. The Bertz CT molecular complexity index is 245. The van der Waals surface area contributed by atoms with Gasteiger partial charge >= 0.3 is 0 Å². The van der Waals surface area contributed by atoms with Gasteiger partial charge in [-0.3, -0.25) is 0 Å². The Morgan fingerprint density at radius 3 is 2.82 bits per heavy atom. The minimum atomic E-state index is 0.758. The monoisotopic (exact) mass is 164 g/mol. The summed E-state index contributed by atoms with van der Waals surface area (Å²) in [5.74, 6) is 0. The average Bonchev–Trinajstić information content (AvgIpc) is 2.03. The maximum absolute atomic E-state index is 5.07. The molecule has 0 spiro atoms. The summed E-state index contributed by atoms with van der Waals surface area (Å²) in [6, 6.07) is 7.76. The maximum Gasteiger partial charge on any atom is 0.0608 e. The minimum absolute atomic E-state index is 0.758. The molecule has 0 aliphatic rings. The molecule has 0 unspecified atom stereocenters. The first-order valence-corrected chi connectivity index (χ1v) is 3.86. The van der Waals surface area contributed by atoms with E-state index in [2.05, 4.69) is 11.9 Å². The molecule has 57 valence electrons. The number of para-hydroxylation sites is 1. The van der Waals surface area contributed by atoms with Gasteiger partial charge in [-0.25, -0.2) is 0 Å². The summed E-state index contributed by atoms with van der Waals surface area (Å²) in [5, 5.41) is 3.14. The second-order valence-electron chi connectivity index (χ2n) is 2.17. The highest BCUT2D eigenvalue weighted by Gasteiger charge is 1.93. The summed E-state index contributed by atoms with van der Waals surface area (Å²) in [7, 11) is 0. The van der Waals surface area contributed by atoms with Gasteiger partial charge < -0.3 is 5.32 Å². The second-order valence-corrected chi connectivity index (χ2v) is 2.61. The molecule has 1 N–H and O–H groups in total. The van der Waals surface area contributed by atoms with Crippen LogP contribution >= 0.6 is 12.6 Å². The van der Waals surface area contributed by atoms with Crippen LogP contribution in [-0.2, 0) is 0 Å². The molecule has 0 fully saturated rings. The first-order chi connectivity index (χ1) is 5.34. The molecule has 2 heteroatoms. The van der Waals surface area contributed by atoms with Crippen molar-refractivity contribution < 1.29 is 0 Å². The summed E-state index contributed by atoms with van der Waals surface area (Å²) in [4.78, 5) is 0.856. The van der Waals surface area contributed by atoms with Crippen LogP contribution in [0.3, 0.4) is 0 Å². The molecule has 0 saturated heterocycles. The van der Waals surface area contributed by atoms with Crippen molar-refractivity contribution in [1.82, 2.24) is 0 Å². The first kappa shape index (κ1) is 8.08. The fourth-order valence-corrected chi connectivity index (χ4v) is 1.01. The lowest BCUT2D eigenvalue weighted by Gasteiger charge is -2.03. The summed E-state index contributed by atoms with van der Waals surface area (Å²) < 4.78 is 0. The van der Waals surface area contributed by atoms with Gasteiger partial charge in [-0.05, 0) is 12.1 Å². The lowest BCUT2D eigenvalue weighted by molar-refractivity contribution is 1.29. The Labute approximate surface area is 72.5 Å². The summed E-state index contributed by atoms with van der Waals surface area (Å²) in [5.41, 5.74) is 1.00. The molecule has 0 bridgehead atoms. The zero-order valence-corrected chi connectivity index (χ0v) is 7.03. The van der Waals surface area contributed by atoms with Crippen molar-refractivity contribution in [2.75, 3.05) is 11.9 Å². The number of benzene rings is 1.